The molecule has 9 heteroatoms. The van der Waals surface area contributed by atoms with Gasteiger partial charge in [0.25, 0.3) is 5.91 Å². The summed E-state index contributed by atoms with van der Waals surface area (Å²) in [5, 5.41) is 7.41. The Kier molecular flexibility index (Phi) is 7.99. The molecule has 1 aromatic carbocycles. The van der Waals surface area contributed by atoms with Crippen LogP contribution in [-0.2, 0) is 14.4 Å². The average molecular weight is 396 g/mol. The maximum Gasteiger partial charge on any atom is 0.251 e. The van der Waals surface area contributed by atoms with Gasteiger partial charge in [-0.2, -0.15) is 0 Å². The van der Waals surface area contributed by atoms with Crippen molar-refractivity contribution in [2.45, 2.75) is 24.6 Å². The lowest BCUT2D eigenvalue weighted by Crippen LogP contribution is -2.44. The Morgan fingerprint density at radius 1 is 1.23 bits per heavy atom. The average Bonchev–Trinajstić information content (AvgIpc) is 3.04. The third kappa shape index (κ3) is 6.38. The molecular weight excluding hydrogens is 374 g/mol. The number of hydrogen-bond acceptors (Lipinski definition) is 6. The Bertz CT molecular complexity index is 669. The summed E-state index contributed by atoms with van der Waals surface area (Å²) in [6.07, 6.45) is 0.622. The third-order valence-corrected chi connectivity index (χ3v) is 5.70. The van der Waals surface area contributed by atoms with Gasteiger partial charge in [-0.05, 0) is 25.5 Å². The van der Waals surface area contributed by atoms with Gasteiger partial charge >= 0.3 is 0 Å². The zero-order valence-electron chi connectivity index (χ0n) is 14.3. The summed E-state index contributed by atoms with van der Waals surface area (Å²) in [7, 11) is 0. The molecule has 0 aliphatic carbocycles. The van der Waals surface area contributed by atoms with Crippen LogP contribution < -0.4 is 16.0 Å². The van der Waals surface area contributed by atoms with Gasteiger partial charge in [-0.1, -0.05) is 30.0 Å². The summed E-state index contributed by atoms with van der Waals surface area (Å²) < 4.78 is 0. The fourth-order valence-electron chi connectivity index (χ4n) is 2.18. The molecule has 0 radical (unpaired) electrons. The number of hydrogen-bond donors (Lipinski definition) is 3. The van der Waals surface area contributed by atoms with Crippen molar-refractivity contribution >= 4 is 46.4 Å². The highest BCUT2D eigenvalue weighted by Gasteiger charge is 2.26. The van der Waals surface area contributed by atoms with Gasteiger partial charge in [0.05, 0.1) is 23.7 Å². The molecule has 7 nitrogen and oxygen atoms in total. The molecule has 2 atom stereocenters. The lowest BCUT2D eigenvalue weighted by Gasteiger charge is -2.14. The van der Waals surface area contributed by atoms with E-state index in [1.54, 1.807) is 31.2 Å². The van der Waals surface area contributed by atoms with E-state index >= 15 is 0 Å². The van der Waals surface area contributed by atoms with E-state index in [1.165, 1.54) is 23.5 Å². The van der Waals surface area contributed by atoms with Crippen LogP contribution in [0.2, 0.25) is 0 Å². The smallest absolute Gasteiger partial charge is 0.251 e. The monoisotopic (exact) mass is 395 g/mol. The van der Waals surface area contributed by atoms with Gasteiger partial charge in [-0.25, -0.2) is 0 Å². The maximum absolute atomic E-state index is 12.0. The second-order valence-electron chi connectivity index (χ2n) is 5.62. The van der Waals surface area contributed by atoms with Crippen molar-refractivity contribution in [2.75, 3.05) is 18.2 Å². The van der Waals surface area contributed by atoms with Crippen molar-refractivity contribution < 1.29 is 19.2 Å². The first-order valence-corrected chi connectivity index (χ1v) is 10.2. The molecule has 140 valence electrons. The molecule has 0 saturated carbocycles. The first-order chi connectivity index (χ1) is 12.5. The van der Waals surface area contributed by atoms with Gasteiger partial charge in [0.15, 0.2) is 0 Å². The number of rotatable bonds is 8. The van der Waals surface area contributed by atoms with E-state index in [0.29, 0.717) is 17.7 Å². The number of amides is 3. The SMILES string of the molecule is C[C@H](SCNC(=O)c1ccccc1)C(=O)NCC(=O)N[C@H]1CCSC1=O. The summed E-state index contributed by atoms with van der Waals surface area (Å²) in [6, 6.07) is 8.35. The molecule has 2 rings (SSSR count). The van der Waals surface area contributed by atoms with Crippen LogP contribution in [0.25, 0.3) is 0 Å². The third-order valence-electron chi connectivity index (χ3n) is 3.67. The number of benzene rings is 1. The number of carbonyl (C=O) groups is 4. The molecular formula is C17H21N3O4S2. The quantitative estimate of drug-likeness (QED) is 0.562. The molecule has 1 fully saturated rings. The van der Waals surface area contributed by atoms with Crippen molar-refractivity contribution in [3.05, 3.63) is 35.9 Å². The van der Waals surface area contributed by atoms with Crippen molar-refractivity contribution in [1.82, 2.24) is 16.0 Å². The zero-order chi connectivity index (χ0) is 18.9. The molecule has 1 heterocycles. The lowest BCUT2D eigenvalue weighted by atomic mass is 10.2. The van der Waals surface area contributed by atoms with Gasteiger partial charge < -0.3 is 16.0 Å². The normalized spacial score (nSPS) is 17.4. The molecule has 0 aromatic heterocycles. The highest BCUT2D eigenvalue weighted by molar-refractivity contribution is 8.14. The van der Waals surface area contributed by atoms with E-state index in [9.17, 15) is 19.2 Å². The Labute approximate surface area is 160 Å². The van der Waals surface area contributed by atoms with Crippen LogP contribution in [0.15, 0.2) is 30.3 Å². The Morgan fingerprint density at radius 3 is 2.62 bits per heavy atom. The predicted octanol–water partition coefficient (Wildman–Crippen LogP) is 0.760. The molecule has 26 heavy (non-hydrogen) atoms. The molecule has 0 bridgehead atoms. The van der Waals surface area contributed by atoms with Crippen LogP contribution in [-0.4, -0.2) is 52.3 Å². The highest BCUT2D eigenvalue weighted by atomic mass is 32.2. The summed E-state index contributed by atoms with van der Waals surface area (Å²) in [4.78, 5) is 47.1. The van der Waals surface area contributed by atoms with Gasteiger partial charge in [0.1, 0.15) is 0 Å². The second kappa shape index (κ2) is 10.2. The van der Waals surface area contributed by atoms with Crippen LogP contribution in [0.3, 0.4) is 0 Å². The standard InChI is InChI=1S/C17H21N3O4S2/c1-11(26-10-19-16(23)12-5-3-2-4-6-12)15(22)18-9-14(21)20-13-7-8-25-17(13)24/h2-6,11,13H,7-10H2,1H3,(H,18,22)(H,19,23)(H,20,21)/t11-,13-/m0/s1. The van der Waals surface area contributed by atoms with E-state index in [2.05, 4.69) is 16.0 Å². The summed E-state index contributed by atoms with van der Waals surface area (Å²) in [5.41, 5.74) is 0.557. The maximum atomic E-state index is 12.0. The van der Waals surface area contributed by atoms with E-state index in [0.717, 1.165) is 0 Å². The summed E-state index contributed by atoms with van der Waals surface area (Å²) >= 11 is 2.47. The first kappa shape index (κ1) is 20.3. The number of nitrogens with one attached hydrogen (secondary N) is 3. The van der Waals surface area contributed by atoms with Crippen LogP contribution in [0.5, 0.6) is 0 Å². The molecule has 1 aromatic rings. The van der Waals surface area contributed by atoms with Crippen molar-refractivity contribution in [2.24, 2.45) is 0 Å². The molecule has 1 aliphatic rings. The van der Waals surface area contributed by atoms with E-state index in [4.69, 9.17) is 0 Å². The second-order valence-corrected chi connectivity index (χ2v) is 8.05. The fourth-order valence-corrected chi connectivity index (χ4v) is 3.81. The zero-order valence-corrected chi connectivity index (χ0v) is 16.0. The minimum absolute atomic E-state index is 0.0391. The molecule has 3 amide bonds. The van der Waals surface area contributed by atoms with Crippen LogP contribution in [0.4, 0.5) is 0 Å². The number of carbonyl (C=O) groups excluding carboxylic acids is 4. The van der Waals surface area contributed by atoms with E-state index in [-0.39, 0.29) is 35.3 Å². The Morgan fingerprint density at radius 2 is 1.96 bits per heavy atom. The Balaban J connectivity index is 1.63. The molecule has 0 spiro atoms. The van der Waals surface area contributed by atoms with Gasteiger partial charge in [0, 0.05) is 11.3 Å². The van der Waals surface area contributed by atoms with Crippen molar-refractivity contribution in [3.8, 4) is 0 Å². The fraction of sp³-hybridized carbons (Fsp3) is 0.412. The highest BCUT2D eigenvalue weighted by Crippen LogP contribution is 2.19. The van der Waals surface area contributed by atoms with Gasteiger partial charge in [0.2, 0.25) is 16.9 Å². The topological polar surface area (TPSA) is 104 Å². The molecule has 3 N–H and O–H groups in total. The Hall–Kier alpha value is -2.00. The van der Waals surface area contributed by atoms with Crippen LogP contribution in [0, 0.1) is 0 Å². The lowest BCUT2D eigenvalue weighted by molar-refractivity contribution is -0.127. The van der Waals surface area contributed by atoms with Crippen molar-refractivity contribution in [1.29, 1.82) is 0 Å². The molecule has 1 saturated heterocycles. The number of thioether (sulfide) groups is 2. The minimum Gasteiger partial charge on any atom is -0.346 e. The summed E-state index contributed by atoms with van der Waals surface area (Å²) in [6.45, 7) is 1.53. The van der Waals surface area contributed by atoms with Gasteiger partial charge in [-0.15, -0.1) is 11.8 Å². The van der Waals surface area contributed by atoms with Crippen LogP contribution >= 0.6 is 23.5 Å². The largest absolute Gasteiger partial charge is 0.346 e. The first-order valence-electron chi connectivity index (χ1n) is 8.16. The minimum atomic E-state index is -0.454. The molecule has 1 aliphatic heterocycles. The van der Waals surface area contributed by atoms with Gasteiger partial charge in [-0.3, -0.25) is 19.2 Å². The van der Waals surface area contributed by atoms with E-state index in [1.807, 2.05) is 6.07 Å². The van der Waals surface area contributed by atoms with E-state index < -0.39 is 11.3 Å². The van der Waals surface area contributed by atoms with Crippen LogP contribution in [0.1, 0.15) is 23.7 Å². The predicted molar refractivity (Wildman–Crippen MR) is 103 cm³/mol. The summed E-state index contributed by atoms with van der Waals surface area (Å²) in [5.74, 6) is 0.102. The van der Waals surface area contributed by atoms with Crippen molar-refractivity contribution in [3.63, 3.8) is 0 Å². The molecule has 0 unspecified atom stereocenters.